The maximum atomic E-state index is 12.0. The van der Waals surface area contributed by atoms with Crippen LogP contribution in [0.1, 0.15) is 54.7 Å². The molecule has 0 heterocycles. The van der Waals surface area contributed by atoms with Crippen LogP contribution in [-0.2, 0) is 6.61 Å². The van der Waals surface area contributed by atoms with Crippen molar-refractivity contribution in [2.24, 2.45) is 11.8 Å². The minimum absolute atomic E-state index is 0.0354. The number of rotatable bonds is 10. The lowest BCUT2D eigenvalue weighted by Gasteiger charge is -2.18. The standard InChI is InChI=1S/C30H33NO5/c1-20(2)17-35-28-15-13-26(30(32)33)25(29(28)36-18-21(3)4)12-10-23-16-24(11-14-27(23)31)34-19-22-8-6-5-7-9-22/h5-9,11,13-16,20-21H,17-19,31H2,1-4H3,(H,32,33). The molecule has 3 aromatic rings. The highest BCUT2D eigenvalue weighted by atomic mass is 16.5. The van der Waals surface area contributed by atoms with E-state index in [-0.39, 0.29) is 23.0 Å². The van der Waals surface area contributed by atoms with Crippen molar-refractivity contribution in [2.75, 3.05) is 18.9 Å². The van der Waals surface area contributed by atoms with E-state index >= 15 is 0 Å². The van der Waals surface area contributed by atoms with Crippen LogP contribution >= 0.6 is 0 Å². The van der Waals surface area contributed by atoms with Gasteiger partial charge in [0.25, 0.3) is 0 Å². The fourth-order valence-corrected chi connectivity index (χ4v) is 3.23. The van der Waals surface area contributed by atoms with Crippen molar-refractivity contribution in [3.8, 4) is 29.1 Å². The molecule has 0 saturated heterocycles. The van der Waals surface area contributed by atoms with E-state index in [2.05, 4.69) is 11.8 Å². The third-order valence-electron chi connectivity index (χ3n) is 5.08. The fourth-order valence-electron chi connectivity index (χ4n) is 3.23. The van der Waals surface area contributed by atoms with E-state index in [0.29, 0.717) is 48.3 Å². The molecule has 3 aromatic carbocycles. The lowest BCUT2D eigenvalue weighted by Crippen LogP contribution is -2.12. The minimum Gasteiger partial charge on any atom is -0.489 e. The Bertz CT molecular complexity index is 1240. The van der Waals surface area contributed by atoms with Gasteiger partial charge in [0, 0.05) is 5.69 Å². The summed E-state index contributed by atoms with van der Waals surface area (Å²) in [6.07, 6.45) is 0. The van der Waals surface area contributed by atoms with Gasteiger partial charge in [-0.2, -0.15) is 0 Å². The second-order valence-electron chi connectivity index (χ2n) is 9.30. The van der Waals surface area contributed by atoms with Gasteiger partial charge in [0.2, 0.25) is 0 Å². The Kier molecular flexibility index (Phi) is 9.24. The first kappa shape index (κ1) is 26.5. The van der Waals surface area contributed by atoms with E-state index in [0.717, 1.165) is 5.56 Å². The third kappa shape index (κ3) is 7.44. The summed E-state index contributed by atoms with van der Waals surface area (Å²) in [5.74, 6) is 6.85. The number of aromatic carboxylic acids is 1. The Labute approximate surface area is 213 Å². The van der Waals surface area contributed by atoms with Gasteiger partial charge in [-0.15, -0.1) is 0 Å². The Morgan fingerprint density at radius 3 is 2.25 bits per heavy atom. The molecular formula is C30H33NO5. The summed E-state index contributed by atoms with van der Waals surface area (Å²) in [5, 5.41) is 9.84. The highest BCUT2D eigenvalue weighted by molar-refractivity contribution is 5.92. The molecule has 0 aliphatic heterocycles. The third-order valence-corrected chi connectivity index (χ3v) is 5.08. The lowest BCUT2D eigenvalue weighted by molar-refractivity contribution is 0.0696. The van der Waals surface area contributed by atoms with E-state index in [9.17, 15) is 9.90 Å². The van der Waals surface area contributed by atoms with Crippen LogP contribution in [0, 0.1) is 23.7 Å². The Morgan fingerprint density at radius 1 is 0.889 bits per heavy atom. The number of hydrogen-bond donors (Lipinski definition) is 2. The molecule has 0 saturated carbocycles. The molecule has 0 aliphatic carbocycles. The fraction of sp³-hybridized carbons (Fsp3) is 0.300. The van der Waals surface area contributed by atoms with Gasteiger partial charge in [-0.1, -0.05) is 69.9 Å². The molecule has 188 valence electrons. The molecule has 0 amide bonds. The van der Waals surface area contributed by atoms with Crippen molar-refractivity contribution in [3.63, 3.8) is 0 Å². The number of carboxylic acids is 1. The summed E-state index contributed by atoms with van der Waals surface area (Å²) in [7, 11) is 0. The van der Waals surface area contributed by atoms with Gasteiger partial charge in [-0.25, -0.2) is 4.79 Å². The van der Waals surface area contributed by atoms with Gasteiger partial charge in [0.05, 0.1) is 29.9 Å². The summed E-state index contributed by atoms with van der Waals surface area (Å²) >= 11 is 0. The molecule has 0 bridgehead atoms. The molecule has 3 rings (SSSR count). The average molecular weight is 488 g/mol. The van der Waals surface area contributed by atoms with Crippen LogP contribution in [0.5, 0.6) is 17.2 Å². The molecular weight excluding hydrogens is 454 g/mol. The molecule has 36 heavy (non-hydrogen) atoms. The normalized spacial score (nSPS) is 10.6. The number of nitrogen functional groups attached to an aromatic ring is 1. The van der Waals surface area contributed by atoms with E-state index in [4.69, 9.17) is 19.9 Å². The van der Waals surface area contributed by atoms with Gasteiger partial charge >= 0.3 is 5.97 Å². The summed E-state index contributed by atoms with van der Waals surface area (Å²) < 4.78 is 17.9. The largest absolute Gasteiger partial charge is 0.489 e. The van der Waals surface area contributed by atoms with Gasteiger partial charge in [-0.05, 0) is 47.7 Å². The van der Waals surface area contributed by atoms with Gasteiger partial charge in [0.15, 0.2) is 11.5 Å². The van der Waals surface area contributed by atoms with Crippen molar-refractivity contribution >= 4 is 11.7 Å². The predicted molar refractivity (Wildman–Crippen MR) is 142 cm³/mol. The molecule has 0 atom stereocenters. The molecule has 0 radical (unpaired) electrons. The van der Waals surface area contributed by atoms with Gasteiger partial charge in [0.1, 0.15) is 12.4 Å². The lowest BCUT2D eigenvalue weighted by atomic mass is 10.0. The second-order valence-corrected chi connectivity index (χ2v) is 9.30. The first-order valence-corrected chi connectivity index (χ1v) is 12.0. The molecule has 3 N–H and O–H groups in total. The van der Waals surface area contributed by atoms with Crippen molar-refractivity contribution < 1.29 is 24.1 Å². The van der Waals surface area contributed by atoms with Crippen molar-refractivity contribution in [1.82, 2.24) is 0 Å². The van der Waals surface area contributed by atoms with E-state index in [1.54, 1.807) is 24.3 Å². The Balaban J connectivity index is 1.99. The molecule has 0 fully saturated rings. The first-order chi connectivity index (χ1) is 17.2. The highest BCUT2D eigenvalue weighted by Gasteiger charge is 2.20. The molecule has 0 unspecified atom stereocenters. The molecule has 6 heteroatoms. The number of anilines is 1. The smallest absolute Gasteiger partial charge is 0.337 e. The van der Waals surface area contributed by atoms with Crippen molar-refractivity contribution in [2.45, 2.75) is 34.3 Å². The molecule has 0 spiro atoms. The summed E-state index contributed by atoms with van der Waals surface area (Å²) in [5.41, 5.74) is 8.49. The molecule has 0 aromatic heterocycles. The zero-order valence-electron chi connectivity index (χ0n) is 21.2. The Hall–Kier alpha value is -4.11. The van der Waals surface area contributed by atoms with E-state index in [1.807, 2.05) is 58.0 Å². The molecule has 0 aliphatic rings. The highest BCUT2D eigenvalue weighted by Crippen LogP contribution is 2.35. The summed E-state index contributed by atoms with van der Waals surface area (Å²) in [6, 6.07) is 18.2. The second kappa shape index (κ2) is 12.6. The predicted octanol–water partition coefficient (Wildman–Crippen LogP) is 6.02. The van der Waals surface area contributed by atoms with E-state index < -0.39 is 5.97 Å². The number of nitrogens with two attached hydrogens (primary N) is 1. The number of carbonyl (C=O) groups is 1. The van der Waals surface area contributed by atoms with Crippen LogP contribution in [-0.4, -0.2) is 24.3 Å². The SMILES string of the molecule is CC(C)COc1ccc(C(=O)O)c(C#Cc2cc(OCc3ccccc3)ccc2N)c1OCC(C)C. The van der Waals surface area contributed by atoms with E-state index in [1.165, 1.54) is 6.07 Å². The van der Waals surface area contributed by atoms with Crippen LogP contribution < -0.4 is 19.9 Å². The zero-order valence-corrected chi connectivity index (χ0v) is 21.2. The zero-order chi connectivity index (χ0) is 26.1. The van der Waals surface area contributed by atoms with Crippen LogP contribution in [0.25, 0.3) is 0 Å². The van der Waals surface area contributed by atoms with Crippen molar-refractivity contribution in [3.05, 3.63) is 82.9 Å². The van der Waals surface area contributed by atoms with Gasteiger partial charge < -0.3 is 25.1 Å². The van der Waals surface area contributed by atoms with Crippen molar-refractivity contribution in [1.29, 1.82) is 0 Å². The van der Waals surface area contributed by atoms with Crippen LogP contribution in [0.15, 0.2) is 60.7 Å². The van der Waals surface area contributed by atoms with Crippen LogP contribution in [0.4, 0.5) is 5.69 Å². The first-order valence-electron chi connectivity index (χ1n) is 12.0. The maximum Gasteiger partial charge on any atom is 0.337 e. The summed E-state index contributed by atoms with van der Waals surface area (Å²) in [4.78, 5) is 12.0. The van der Waals surface area contributed by atoms with Gasteiger partial charge in [-0.3, -0.25) is 0 Å². The maximum absolute atomic E-state index is 12.0. The van der Waals surface area contributed by atoms with Crippen LogP contribution in [0.2, 0.25) is 0 Å². The number of carboxylic acid groups (broad SMARTS) is 1. The number of benzene rings is 3. The summed E-state index contributed by atoms with van der Waals surface area (Å²) in [6.45, 7) is 9.37. The quantitative estimate of drug-likeness (QED) is 0.269. The Morgan fingerprint density at radius 2 is 1.58 bits per heavy atom. The topological polar surface area (TPSA) is 91.0 Å². The van der Waals surface area contributed by atoms with Crippen LogP contribution in [0.3, 0.4) is 0 Å². The molecule has 6 nitrogen and oxygen atoms in total. The monoisotopic (exact) mass is 487 g/mol. The minimum atomic E-state index is -1.10. The number of hydrogen-bond acceptors (Lipinski definition) is 5. The number of ether oxygens (including phenoxy) is 3. The average Bonchev–Trinajstić information content (AvgIpc) is 2.85.